The molecule has 0 amide bonds. The maximum atomic E-state index is 5.39. The Balaban J connectivity index is 1.97. The molecule has 0 atom stereocenters. The number of hydrazine groups is 1. The van der Waals surface area contributed by atoms with E-state index in [0.29, 0.717) is 17.8 Å². The Bertz CT molecular complexity index is 532. The van der Waals surface area contributed by atoms with Crippen LogP contribution >= 0.6 is 0 Å². The molecule has 2 aromatic heterocycles. The molecule has 1 aliphatic heterocycles. The predicted molar refractivity (Wildman–Crippen MR) is 67.6 cm³/mol. The summed E-state index contributed by atoms with van der Waals surface area (Å²) in [4.78, 5) is 18.7. The van der Waals surface area contributed by atoms with Crippen molar-refractivity contribution in [1.82, 2.24) is 35.0 Å². The van der Waals surface area contributed by atoms with Crippen molar-refractivity contribution in [3.63, 3.8) is 0 Å². The molecule has 0 bridgehead atoms. The Morgan fingerprint density at radius 2 is 1.95 bits per heavy atom. The molecule has 10 nitrogen and oxygen atoms in total. The zero-order valence-corrected chi connectivity index (χ0v) is 10.2. The van der Waals surface area contributed by atoms with Crippen LogP contribution in [0.3, 0.4) is 0 Å². The molecular formula is C9H14N10. The molecule has 0 unspecified atom stereocenters. The van der Waals surface area contributed by atoms with Crippen molar-refractivity contribution in [2.45, 2.75) is 0 Å². The van der Waals surface area contributed by atoms with Crippen LogP contribution in [-0.2, 0) is 0 Å². The van der Waals surface area contributed by atoms with E-state index >= 15 is 0 Å². The maximum absolute atomic E-state index is 5.39. The number of rotatable bonds is 3. The Labute approximate surface area is 109 Å². The fourth-order valence-corrected chi connectivity index (χ4v) is 1.84. The number of nitrogens with zero attached hydrogens (tertiary/aromatic N) is 7. The Morgan fingerprint density at radius 1 is 1.16 bits per heavy atom. The Morgan fingerprint density at radius 3 is 2.63 bits per heavy atom. The Kier molecular flexibility index (Phi) is 3.16. The van der Waals surface area contributed by atoms with Gasteiger partial charge in [-0.15, -0.1) is 0 Å². The minimum atomic E-state index is 0.300. The van der Waals surface area contributed by atoms with E-state index in [1.165, 1.54) is 17.3 Å². The normalized spacial score (nSPS) is 15.5. The highest BCUT2D eigenvalue weighted by Crippen LogP contribution is 2.12. The summed E-state index contributed by atoms with van der Waals surface area (Å²) in [6, 6.07) is 0. The first-order valence-electron chi connectivity index (χ1n) is 5.90. The van der Waals surface area contributed by atoms with Crippen molar-refractivity contribution in [1.29, 1.82) is 0 Å². The molecule has 1 saturated heterocycles. The summed E-state index contributed by atoms with van der Waals surface area (Å²) in [5.41, 5.74) is 2.44. The van der Waals surface area contributed by atoms with Crippen molar-refractivity contribution in [2.24, 2.45) is 5.84 Å². The largest absolute Gasteiger partial charge is 0.338 e. The van der Waals surface area contributed by atoms with Gasteiger partial charge in [0.25, 0.3) is 5.95 Å². The quantitative estimate of drug-likeness (QED) is 0.432. The molecule has 1 aliphatic rings. The topological polar surface area (TPSA) is 123 Å². The van der Waals surface area contributed by atoms with Crippen LogP contribution < -0.4 is 21.5 Å². The fraction of sp³-hybridized carbons (Fsp3) is 0.444. The monoisotopic (exact) mass is 262 g/mol. The van der Waals surface area contributed by atoms with Crippen molar-refractivity contribution in [3.05, 3.63) is 12.7 Å². The molecule has 0 radical (unpaired) electrons. The number of nitrogen functional groups attached to an aromatic ring is 1. The smallest absolute Gasteiger partial charge is 0.258 e. The summed E-state index contributed by atoms with van der Waals surface area (Å²) in [5, 5.41) is 7.28. The van der Waals surface area contributed by atoms with Crippen LogP contribution in [-0.4, -0.2) is 55.9 Å². The van der Waals surface area contributed by atoms with Crippen molar-refractivity contribution in [3.8, 4) is 5.95 Å². The third-order valence-electron chi connectivity index (χ3n) is 2.76. The zero-order chi connectivity index (χ0) is 13.1. The summed E-state index contributed by atoms with van der Waals surface area (Å²) in [6.07, 6.45) is 2.95. The van der Waals surface area contributed by atoms with Crippen LogP contribution in [0.15, 0.2) is 12.7 Å². The molecule has 10 heteroatoms. The van der Waals surface area contributed by atoms with E-state index in [1.54, 1.807) is 0 Å². The van der Waals surface area contributed by atoms with Gasteiger partial charge in [0.2, 0.25) is 11.9 Å². The molecule has 0 aromatic carbocycles. The molecule has 100 valence electrons. The number of hydrogen-bond acceptors (Lipinski definition) is 9. The van der Waals surface area contributed by atoms with Crippen molar-refractivity contribution >= 4 is 11.9 Å². The summed E-state index contributed by atoms with van der Waals surface area (Å²) in [7, 11) is 0. The number of anilines is 2. The molecule has 3 heterocycles. The summed E-state index contributed by atoms with van der Waals surface area (Å²) >= 11 is 0. The highest BCUT2D eigenvalue weighted by atomic mass is 15.4. The van der Waals surface area contributed by atoms with Crippen LogP contribution in [0.1, 0.15) is 0 Å². The number of nitrogens with two attached hydrogens (primary N) is 1. The average Bonchev–Trinajstić information content (AvgIpc) is 3.02. The minimum absolute atomic E-state index is 0.300. The molecule has 1 fully saturated rings. The lowest BCUT2D eigenvalue weighted by molar-refractivity contribution is 0.577. The highest BCUT2D eigenvalue weighted by Gasteiger charge is 2.16. The summed E-state index contributed by atoms with van der Waals surface area (Å²) in [5.74, 6) is 6.65. The first-order valence-corrected chi connectivity index (χ1v) is 5.90. The summed E-state index contributed by atoms with van der Waals surface area (Å²) < 4.78 is 1.47. The molecule has 3 rings (SSSR count). The van der Waals surface area contributed by atoms with Gasteiger partial charge in [-0.3, -0.25) is 5.43 Å². The molecule has 4 N–H and O–H groups in total. The van der Waals surface area contributed by atoms with E-state index < -0.39 is 0 Å². The molecule has 19 heavy (non-hydrogen) atoms. The van der Waals surface area contributed by atoms with Gasteiger partial charge in [-0.05, 0) is 0 Å². The third kappa shape index (κ3) is 2.44. The van der Waals surface area contributed by atoms with Crippen LogP contribution in [0, 0.1) is 0 Å². The number of aromatic nitrogens is 6. The van der Waals surface area contributed by atoms with Gasteiger partial charge >= 0.3 is 0 Å². The van der Waals surface area contributed by atoms with Crippen molar-refractivity contribution in [2.75, 3.05) is 36.5 Å². The number of hydrogen-bond donors (Lipinski definition) is 3. The van der Waals surface area contributed by atoms with Crippen molar-refractivity contribution < 1.29 is 0 Å². The van der Waals surface area contributed by atoms with Gasteiger partial charge in [0.1, 0.15) is 12.7 Å². The van der Waals surface area contributed by atoms with Crippen LogP contribution in [0.2, 0.25) is 0 Å². The number of nitrogens with one attached hydrogen (secondary N) is 2. The second-order valence-corrected chi connectivity index (χ2v) is 3.98. The van der Waals surface area contributed by atoms with E-state index in [4.69, 9.17) is 5.84 Å². The first-order chi connectivity index (χ1) is 9.36. The average molecular weight is 262 g/mol. The molecular weight excluding hydrogens is 248 g/mol. The van der Waals surface area contributed by atoms with Gasteiger partial charge in [-0.25, -0.2) is 10.8 Å². The van der Waals surface area contributed by atoms with Gasteiger partial charge in [0.05, 0.1) is 0 Å². The second-order valence-electron chi connectivity index (χ2n) is 3.98. The van der Waals surface area contributed by atoms with Gasteiger partial charge in [0, 0.05) is 26.2 Å². The Hall–Kier alpha value is -2.33. The van der Waals surface area contributed by atoms with E-state index in [9.17, 15) is 0 Å². The molecule has 0 saturated carbocycles. The maximum Gasteiger partial charge on any atom is 0.258 e. The molecule has 0 aliphatic carbocycles. The second kappa shape index (κ2) is 5.12. The van der Waals surface area contributed by atoms with Gasteiger partial charge in [0.15, 0.2) is 0 Å². The van der Waals surface area contributed by atoms with Crippen LogP contribution in [0.4, 0.5) is 11.9 Å². The molecule has 2 aromatic rings. The van der Waals surface area contributed by atoms with Crippen LogP contribution in [0.5, 0.6) is 0 Å². The van der Waals surface area contributed by atoms with E-state index in [2.05, 4.69) is 40.7 Å². The predicted octanol–water partition coefficient (Wildman–Crippen LogP) is -1.85. The molecule has 0 spiro atoms. The minimum Gasteiger partial charge on any atom is -0.338 e. The zero-order valence-electron chi connectivity index (χ0n) is 10.2. The van der Waals surface area contributed by atoms with Crippen LogP contribution in [0.25, 0.3) is 5.95 Å². The highest BCUT2D eigenvalue weighted by molar-refractivity contribution is 5.39. The first kappa shape index (κ1) is 11.7. The van der Waals surface area contributed by atoms with E-state index in [1.807, 2.05) is 0 Å². The van der Waals surface area contributed by atoms with Gasteiger partial charge < -0.3 is 10.2 Å². The fourth-order valence-electron chi connectivity index (χ4n) is 1.84. The lowest BCUT2D eigenvalue weighted by Gasteiger charge is -2.27. The van der Waals surface area contributed by atoms with Gasteiger partial charge in [-0.1, -0.05) is 0 Å². The van der Waals surface area contributed by atoms with Gasteiger partial charge in [-0.2, -0.15) is 24.7 Å². The third-order valence-corrected chi connectivity index (χ3v) is 2.76. The standard InChI is InChI=1S/C9H14N10/c10-17-7-14-8(18-3-1-11-2-4-18)16-9(15-7)19-6-12-5-13-19/h5-6,11H,1-4,10H2,(H,14,15,16,17). The van der Waals surface area contributed by atoms with E-state index in [0.717, 1.165) is 26.2 Å². The lowest BCUT2D eigenvalue weighted by atomic mass is 10.4. The SMILES string of the molecule is NNc1nc(N2CCNCC2)nc(-n2cncn2)n1. The number of piperazine rings is 1. The lowest BCUT2D eigenvalue weighted by Crippen LogP contribution is -2.44. The van der Waals surface area contributed by atoms with E-state index in [-0.39, 0.29) is 0 Å². The summed E-state index contributed by atoms with van der Waals surface area (Å²) in [6.45, 7) is 3.47.